The van der Waals surface area contributed by atoms with E-state index in [0.717, 1.165) is 32.1 Å². The van der Waals surface area contributed by atoms with Gasteiger partial charge in [-0.05, 0) is 110 Å². The Labute approximate surface area is 201 Å². The minimum atomic E-state index is -0.679. The first kappa shape index (κ1) is 25.5. The summed E-state index contributed by atoms with van der Waals surface area (Å²) >= 11 is 0. The lowest BCUT2D eigenvalue weighted by Gasteiger charge is -2.65. The van der Waals surface area contributed by atoms with Crippen LogP contribution >= 0.6 is 0 Å². The summed E-state index contributed by atoms with van der Waals surface area (Å²) in [7, 11) is 0. The number of fused-ring (bicyclic) bond motifs is 5. The van der Waals surface area contributed by atoms with Gasteiger partial charge in [0.25, 0.3) is 0 Å². The van der Waals surface area contributed by atoms with E-state index in [1.54, 1.807) is 0 Å². The molecule has 4 fully saturated rings. The van der Waals surface area contributed by atoms with Gasteiger partial charge in [0, 0.05) is 6.42 Å². The van der Waals surface area contributed by atoms with Crippen LogP contribution in [0.2, 0.25) is 0 Å². The van der Waals surface area contributed by atoms with Gasteiger partial charge in [0.15, 0.2) is 0 Å². The summed E-state index contributed by atoms with van der Waals surface area (Å²) in [6.07, 6.45) is 13.1. The van der Waals surface area contributed by atoms with Crippen molar-refractivity contribution in [3.63, 3.8) is 0 Å². The molecule has 3 N–H and O–H groups in total. The SMILES string of the molecule is CCCCCC1C(O)C2C3CCC(C(C)CCC(=O)O)C3(C)CCC2C2(C)CCC(O)CC12. The molecule has 0 bridgehead atoms. The first-order chi connectivity index (χ1) is 15.6. The fraction of sp³-hybridized carbons (Fsp3) is 0.966. The number of carboxylic acids is 1. The van der Waals surface area contributed by atoms with Gasteiger partial charge in [-0.1, -0.05) is 47.0 Å². The first-order valence-electron chi connectivity index (χ1n) is 14.2. The van der Waals surface area contributed by atoms with E-state index in [2.05, 4.69) is 27.7 Å². The second-order valence-electron chi connectivity index (χ2n) is 13.1. The molecule has 11 unspecified atom stereocenters. The van der Waals surface area contributed by atoms with E-state index in [1.807, 2.05) is 0 Å². The average molecular weight is 463 g/mol. The second-order valence-corrected chi connectivity index (χ2v) is 13.1. The molecule has 0 saturated heterocycles. The summed E-state index contributed by atoms with van der Waals surface area (Å²) in [5.74, 6) is 2.61. The van der Waals surface area contributed by atoms with Crippen LogP contribution in [0.1, 0.15) is 111 Å². The van der Waals surface area contributed by atoms with Crippen LogP contribution < -0.4 is 0 Å². The van der Waals surface area contributed by atoms with E-state index in [9.17, 15) is 20.1 Å². The Morgan fingerprint density at radius 2 is 1.67 bits per heavy atom. The molecule has 0 aliphatic heterocycles. The zero-order valence-electron chi connectivity index (χ0n) is 21.6. The quantitative estimate of drug-likeness (QED) is 0.371. The number of aliphatic carboxylic acids is 1. The molecule has 33 heavy (non-hydrogen) atoms. The first-order valence-corrected chi connectivity index (χ1v) is 14.2. The number of unbranched alkanes of at least 4 members (excludes halogenated alkanes) is 2. The highest BCUT2D eigenvalue weighted by atomic mass is 16.4. The molecule has 0 spiro atoms. The maximum Gasteiger partial charge on any atom is 0.303 e. The predicted molar refractivity (Wildman–Crippen MR) is 132 cm³/mol. The lowest BCUT2D eigenvalue weighted by atomic mass is 9.41. The van der Waals surface area contributed by atoms with Crippen molar-refractivity contribution in [2.75, 3.05) is 0 Å². The van der Waals surface area contributed by atoms with Crippen LogP contribution in [0.25, 0.3) is 0 Å². The van der Waals surface area contributed by atoms with Crippen LogP contribution in [-0.2, 0) is 4.79 Å². The van der Waals surface area contributed by atoms with Crippen LogP contribution in [0, 0.1) is 52.3 Å². The third-order valence-corrected chi connectivity index (χ3v) is 11.6. The second kappa shape index (κ2) is 9.80. The van der Waals surface area contributed by atoms with Gasteiger partial charge in [-0.15, -0.1) is 0 Å². The molecule has 190 valence electrons. The molecule has 0 aromatic rings. The van der Waals surface area contributed by atoms with Gasteiger partial charge in [0.05, 0.1) is 12.2 Å². The molecule has 4 aliphatic carbocycles. The zero-order chi connectivity index (χ0) is 24.0. The van der Waals surface area contributed by atoms with Crippen molar-refractivity contribution in [1.82, 2.24) is 0 Å². The minimum Gasteiger partial charge on any atom is -0.481 e. The summed E-state index contributed by atoms with van der Waals surface area (Å²) in [5, 5.41) is 31.8. The molecule has 0 radical (unpaired) electrons. The summed E-state index contributed by atoms with van der Waals surface area (Å²) in [6.45, 7) is 9.53. The monoisotopic (exact) mass is 462 g/mol. The van der Waals surface area contributed by atoms with Crippen LogP contribution in [-0.4, -0.2) is 33.5 Å². The third-order valence-electron chi connectivity index (χ3n) is 11.6. The van der Waals surface area contributed by atoms with Crippen molar-refractivity contribution in [3.05, 3.63) is 0 Å². The smallest absolute Gasteiger partial charge is 0.303 e. The fourth-order valence-corrected chi connectivity index (χ4v) is 9.96. The Kier molecular flexibility index (Phi) is 7.57. The Morgan fingerprint density at radius 1 is 0.970 bits per heavy atom. The topological polar surface area (TPSA) is 77.8 Å². The summed E-state index contributed by atoms with van der Waals surface area (Å²) < 4.78 is 0. The van der Waals surface area contributed by atoms with Crippen LogP contribution in [0.3, 0.4) is 0 Å². The number of aliphatic hydroxyl groups excluding tert-OH is 2. The molecule has 4 rings (SSSR count). The van der Waals surface area contributed by atoms with Crippen LogP contribution in [0.4, 0.5) is 0 Å². The molecule has 4 heteroatoms. The van der Waals surface area contributed by atoms with E-state index < -0.39 is 5.97 Å². The van der Waals surface area contributed by atoms with Gasteiger partial charge in [0.2, 0.25) is 0 Å². The van der Waals surface area contributed by atoms with Crippen molar-refractivity contribution in [2.24, 2.45) is 52.3 Å². The van der Waals surface area contributed by atoms with Gasteiger partial charge < -0.3 is 15.3 Å². The Bertz CT molecular complexity index is 693. The van der Waals surface area contributed by atoms with Crippen LogP contribution in [0.5, 0.6) is 0 Å². The molecule has 4 nitrogen and oxygen atoms in total. The molecule has 4 aliphatic rings. The summed E-state index contributed by atoms with van der Waals surface area (Å²) in [5.41, 5.74) is 0.472. The maximum absolute atomic E-state index is 12.0. The highest BCUT2D eigenvalue weighted by Crippen LogP contribution is 2.69. The molecule has 11 atom stereocenters. The van der Waals surface area contributed by atoms with Gasteiger partial charge >= 0.3 is 5.97 Å². The normalized spacial score (nSPS) is 47.9. The average Bonchev–Trinajstić information content (AvgIpc) is 3.12. The predicted octanol–water partition coefficient (Wildman–Crippen LogP) is 6.28. The minimum absolute atomic E-state index is 0.194. The lowest BCUT2D eigenvalue weighted by Crippen LogP contribution is -2.62. The van der Waals surface area contributed by atoms with Crippen molar-refractivity contribution in [3.8, 4) is 0 Å². The van der Waals surface area contributed by atoms with Crippen molar-refractivity contribution in [2.45, 2.75) is 123 Å². The molecular weight excluding hydrogens is 412 g/mol. The number of rotatable bonds is 8. The van der Waals surface area contributed by atoms with E-state index in [0.29, 0.717) is 41.4 Å². The van der Waals surface area contributed by atoms with E-state index in [-0.39, 0.29) is 29.5 Å². The summed E-state index contributed by atoms with van der Waals surface area (Å²) in [6, 6.07) is 0. The lowest BCUT2D eigenvalue weighted by molar-refractivity contribution is -0.204. The Balaban J connectivity index is 1.61. The van der Waals surface area contributed by atoms with Crippen molar-refractivity contribution in [1.29, 1.82) is 0 Å². The Morgan fingerprint density at radius 3 is 2.36 bits per heavy atom. The van der Waals surface area contributed by atoms with Gasteiger partial charge in [-0.3, -0.25) is 4.79 Å². The van der Waals surface area contributed by atoms with Gasteiger partial charge in [-0.25, -0.2) is 0 Å². The fourth-order valence-electron chi connectivity index (χ4n) is 9.96. The summed E-state index contributed by atoms with van der Waals surface area (Å²) in [4.78, 5) is 11.2. The van der Waals surface area contributed by atoms with Crippen molar-refractivity contribution < 1.29 is 20.1 Å². The number of aliphatic hydroxyl groups is 2. The highest BCUT2D eigenvalue weighted by Gasteiger charge is 2.64. The zero-order valence-corrected chi connectivity index (χ0v) is 21.6. The van der Waals surface area contributed by atoms with E-state index >= 15 is 0 Å². The molecule has 0 amide bonds. The third kappa shape index (κ3) is 4.41. The van der Waals surface area contributed by atoms with Crippen molar-refractivity contribution >= 4 is 5.97 Å². The van der Waals surface area contributed by atoms with Gasteiger partial charge in [-0.2, -0.15) is 0 Å². The van der Waals surface area contributed by atoms with E-state index in [1.165, 1.54) is 44.9 Å². The highest BCUT2D eigenvalue weighted by molar-refractivity contribution is 5.66. The molecule has 0 heterocycles. The van der Waals surface area contributed by atoms with Gasteiger partial charge in [0.1, 0.15) is 0 Å². The molecule has 0 aromatic heterocycles. The largest absolute Gasteiger partial charge is 0.481 e. The Hall–Kier alpha value is -0.610. The number of carbonyl (C=O) groups is 1. The molecule has 4 saturated carbocycles. The maximum atomic E-state index is 12.0. The van der Waals surface area contributed by atoms with E-state index in [4.69, 9.17) is 0 Å². The molecular formula is C29H50O4. The molecule has 0 aromatic carbocycles. The number of hydrogen-bond donors (Lipinski definition) is 3. The standard InChI is InChI=1S/C29H50O4/c1-5-6-7-8-20-24-17-19(30)13-15-29(24,4)23-14-16-28(3)21(18(2)9-12-25(31)32)10-11-22(28)26(23)27(20)33/h18-24,26-27,30,33H,5-17H2,1-4H3,(H,31,32). The van der Waals surface area contributed by atoms with Crippen LogP contribution in [0.15, 0.2) is 0 Å². The number of carboxylic acid groups (broad SMARTS) is 1. The number of hydrogen-bond acceptors (Lipinski definition) is 3.